The summed E-state index contributed by atoms with van der Waals surface area (Å²) in [4.78, 5) is 19.1. The van der Waals surface area contributed by atoms with Gasteiger partial charge in [-0.3, -0.25) is 9.69 Å². The van der Waals surface area contributed by atoms with Crippen molar-refractivity contribution in [3.63, 3.8) is 0 Å². The molecule has 0 radical (unpaired) electrons. The lowest BCUT2D eigenvalue weighted by Gasteiger charge is -2.54. The third-order valence-corrected chi connectivity index (χ3v) is 7.49. The van der Waals surface area contributed by atoms with Crippen molar-refractivity contribution in [2.45, 2.75) is 51.1 Å². The van der Waals surface area contributed by atoms with Crippen LogP contribution in [0, 0.1) is 5.41 Å². The van der Waals surface area contributed by atoms with Gasteiger partial charge in [0, 0.05) is 29.2 Å². The number of likely N-dealkylation sites (tertiary alicyclic amines) is 1. The number of para-hydroxylation sites is 1. The minimum atomic E-state index is -0.217. The Morgan fingerprint density at radius 3 is 2.70 bits per heavy atom. The van der Waals surface area contributed by atoms with Gasteiger partial charge in [-0.1, -0.05) is 55.5 Å². The Morgan fingerprint density at radius 2 is 1.93 bits per heavy atom. The van der Waals surface area contributed by atoms with E-state index in [1.54, 1.807) is 0 Å². The minimum absolute atomic E-state index is 0.0872. The Kier molecular flexibility index (Phi) is 4.90. The minimum Gasteiger partial charge on any atom is -0.469 e. The fourth-order valence-corrected chi connectivity index (χ4v) is 6.10. The maximum absolute atomic E-state index is 12.9. The molecular weight excluding hydrogens is 372 g/mol. The van der Waals surface area contributed by atoms with Crippen LogP contribution in [0.25, 0.3) is 10.9 Å². The largest absolute Gasteiger partial charge is 0.469 e. The fourth-order valence-electron chi connectivity index (χ4n) is 6.10. The second-order valence-corrected chi connectivity index (χ2v) is 8.96. The van der Waals surface area contributed by atoms with E-state index in [2.05, 4.69) is 71.4 Å². The van der Waals surface area contributed by atoms with Gasteiger partial charge in [-0.25, -0.2) is 0 Å². The fraction of sp³-hybridized carbons (Fsp3) is 0.423. The van der Waals surface area contributed by atoms with Gasteiger partial charge in [0.2, 0.25) is 0 Å². The van der Waals surface area contributed by atoms with Crippen molar-refractivity contribution in [2.75, 3.05) is 13.7 Å². The highest BCUT2D eigenvalue weighted by molar-refractivity contribution is 5.89. The molecule has 4 heteroatoms. The Hall–Kier alpha value is -2.59. The van der Waals surface area contributed by atoms with Gasteiger partial charge in [-0.2, -0.15) is 0 Å². The summed E-state index contributed by atoms with van der Waals surface area (Å²) in [5.74, 6) is -0.334. The Balaban J connectivity index is 1.69. The number of aromatic nitrogens is 1. The number of nitrogens with one attached hydrogen (secondary N) is 1. The van der Waals surface area contributed by atoms with E-state index in [4.69, 9.17) is 4.74 Å². The van der Waals surface area contributed by atoms with Gasteiger partial charge in [-0.05, 0) is 54.8 Å². The lowest BCUT2D eigenvalue weighted by molar-refractivity contribution is -0.145. The van der Waals surface area contributed by atoms with Gasteiger partial charge in [0.05, 0.1) is 13.0 Å². The summed E-state index contributed by atoms with van der Waals surface area (Å²) in [6, 6.07) is 19.6. The third kappa shape index (κ3) is 2.97. The van der Waals surface area contributed by atoms with Gasteiger partial charge in [-0.15, -0.1) is 0 Å². The van der Waals surface area contributed by atoms with Crippen molar-refractivity contribution in [1.82, 2.24) is 9.88 Å². The molecule has 0 unspecified atom stereocenters. The number of esters is 1. The van der Waals surface area contributed by atoms with Crippen LogP contribution in [-0.4, -0.2) is 29.5 Å². The zero-order valence-electron chi connectivity index (χ0n) is 17.9. The van der Waals surface area contributed by atoms with Crippen molar-refractivity contribution >= 4 is 16.9 Å². The zero-order valence-corrected chi connectivity index (χ0v) is 17.9. The summed E-state index contributed by atoms with van der Waals surface area (Å²) in [6.07, 6.45) is 4.25. The summed E-state index contributed by atoms with van der Waals surface area (Å²) < 4.78 is 5.26. The molecule has 1 aliphatic carbocycles. The number of benzene rings is 2. The van der Waals surface area contributed by atoms with Crippen LogP contribution in [0.4, 0.5) is 0 Å². The molecule has 2 aliphatic rings. The predicted octanol–water partition coefficient (Wildman–Crippen LogP) is 5.56. The van der Waals surface area contributed by atoms with Crippen LogP contribution in [0.1, 0.15) is 61.4 Å². The van der Waals surface area contributed by atoms with E-state index in [1.165, 1.54) is 30.0 Å². The first-order chi connectivity index (χ1) is 14.7. The number of hydrogen-bond acceptors (Lipinski definition) is 3. The molecule has 2 aromatic carbocycles. The standard InChI is InChI=1S/C26H30N2O2/c1-3-26-14-9-15-28(17-18-10-5-4-6-11-18)24(26)22-19-12-7-8-13-21(19)27-23(22)20(16-26)25(29)30-2/h4-8,10-13,20,24,27H,3,9,14-17H2,1-2H3/t20-,24-,26+/m1/s1. The Morgan fingerprint density at radius 1 is 1.17 bits per heavy atom. The molecule has 3 atom stereocenters. The summed E-state index contributed by atoms with van der Waals surface area (Å²) in [7, 11) is 1.51. The van der Waals surface area contributed by atoms with Gasteiger partial charge in [0.25, 0.3) is 0 Å². The Bertz CT molecular complexity index is 1060. The number of piperidine rings is 1. The normalized spacial score (nSPS) is 26.2. The molecule has 3 aromatic rings. The molecule has 5 rings (SSSR count). The van der Waals surface area contributed by atoms with Crippen molar-refractivity contribution < 1.29 is 9.53 Å². The second kappa shape index (κ2) is 7.59. The van der Waals surface area contributed by atoms with Crippen LogP contribution < -0.4 is 0 Å². The molecule has 30 heavy (non-hydrogen) atoms. The van der Waals surface area contributed by atoms with Crippen molar-refractivity contribution in [3.8, 4) is 0 Å². The highest BCUT2D eigenvalue weighted by Crippen LogP contribution is 2.59. The summed E-state index contributed by atoms with van der Waals surface area (Å²) >= 11 is 0. The number of ether oxygens (including phenoxy) is 1. The maximum atomic E-state index is 12.9. The molecule has 1 saturated heterocycles. The lowest BCUT2D eigenvalue weighted by Crippen LogP contribution is -2.49. The van der Waals surface area contributed by atoms with Crippen LogP contribution in [0.3, 0.4) is 0 Å². The number of nitrogens with zero attached hydrogens (tertiary/aromatic N) is 1. The first-order valence-corrected chi connectivity index (χ1v) is 11.1. The van der Waals surface area contributed by atoms with Crippen LogP contribution in [0.2, 0.25) is 0 Å². The summed E-state index contributed by atoms with van der Waals surface area (Å²) in [5, 5.41) is 1.25. The van der Waals surface area contributed by atoms with Crippen molar-refractivity contribution in [2.24, 2.45) is 5.41 Å². The first-order valence-electron chi connectivity index (χ1n) is 11.1. The Labute approximate surface area is 178 Å². The van der Waals surface area contributed by atoms with E-state index in [1.807, 2.05) is 0 Å². The van der Waals surface area contributed by atoms with Gasteiger partial charge >= 0.3 is 5.97 Å². The van der Waals surface area contributed by atoms with E-state index >= 15 is 0 Å². The number of fused-ring (bicyclic) bond motifs is 5. The molecule has 0 spiro atoms. The highest BCUT2D eigenvalue weighted by atomic mass is 16.5. The number of carbonyl (C=O) groups excluding carboxylic acids is 1. The number of aromatic amines is 1. The monoisotopic (exact) mass is 402 g/mol. The van der Waals surface area contributed by atoms with Gasteiger partial charge in [0.15, 0.2) is 0 Å². The molecule has 156 valence electrons. The summed E-state index contributed by atoms with van der Waals surface area (Å²) in [5.41, 5.74) is 4.94. The molecule has 4 nitrogen and oxygen atoms in total. The molecule has 0 bridgehead atoms. The zero-order chi connectivity index (χ0) is 20.7. The van der Waals surface area contributed by atoms with Gasteiger partial charge < -0.3 is 9.72 Å². The molecule has 1 aromatic heterocycles. The van der Waals surface area contributed by atoms with E-state index in [9.17, 15) is 4.79 Å². The number of rotatable bonds is 4. The topological polar surface area (TPSA) is 45.3 Å². The number of methoxy groups -OCH3 is 1. The van der Waals surface area contributed by atoms with Crippen LogP contribution in [0.5, 0.6) is 0 Å². The van der Waals surface area contributed by atoms with Crippen LogP contribution in [-0.2, 0) is 16.1 Å². The van der Waals surface area contributed by atoms with Crippen LogP contribution >= 0.6 is 0 Å². The summed E-state index contributed by atoms with van der Waals surface area (Å²) in [6.45, 7) is 4.32. The molecule has 1 fully saturated rings. The van der Waals surface area contributed by atoms with Crippen molar-refractivity contribution in [1.29, 1.82) is 0 Å². The average molecular weight is 403 g/mol. The predicted molar refractivity (Wildman–Crippen MR) is 119 cm³/mol. The SMILES string of the molecule is CC[C@@]12CCCN(Cc3ccccc3)[C@@H]1c1c([nH]c3ccccc13)[C@H](C(=O)OC)C2. The smallest absolute Gasteiger partial charge is 0.314 e. The highest BCUT2D eigenvalue weighted by Gasteiger charge is 2.52. The quantitative estimate of drug-likeness (QED) is 0.581. The molecule has 1 N–H and O–H groups in total. The van der Waals surface area contributed by atoms with E-state index in [0.29, 0.717) is 6.04 Å². The molecule has 1 aliphatic heterocycles. The second-order valence-electron chi connectivity index (χ2n) is 8.96. The van der Waals surface area contributed by atoms with E-state index in [-0.39, 0.29) is 17.3 Å². The molecule has 2 heterocycles. The van der Waals surface area contributed by atoms with E-state index in [0.717, 1.165) is 43.6 Å². The number of hydrogen-bond donors (Lipinski definition) is 1. The molecule has 0 saturated carbocycles. The van der Waals surface area contributed by atoms with Crippen molar-refractivity contribution in [3.05, 3.63) is 71.4 Å². The van der Waals surface area contributed by atoms with E-state index < -0.39 is 0 Å². The molecular formula is C26H30N2O2. The third-order valence-electron chi connectivity index (χ3n) is 7.49. The number of H-pyrrole nitrogens is 1. The van der Waals surface area contributed by atoms with Crippen LogP contribution in [0.15, 0.2) is 54.6 Å². The first kappa shape index (κ1) is 19.4. The van der Waals surface area contributed by atoms with Gasteiger partial charge in [0.1, 0.15) is 0 Å². The number of carbonyl (C=O) groups is 1. The average Bonchev–Trinajstić information content (AvgIpc) is 3.18. The lowest BCUT2D eigenvalue weighted by atomic mass is 9.59. The maximum Gasteiger partial charge on any atom is 0.314 e. The molecule has 0 amide bonds.